The molecule has 0 amide bonds. The van der Waals surface area contributed by atoms with Crippen molar-refractivity contribution in [3.8, 4) is 11.4 Å². The monoisotopic (exact) mass is 220 g/mol. The average Bonchev–Trinajstić information content (AvgIpc) is 2.17. The minimum Gasteiger partial charge on any atom is -0.399 e. The van der Waals surface area contributed by atoms with Gasteiger partial charge in [-0.05, 0) is 42.8 Å². The predicted molar refractivity (Wildman–Crippen MR) is 59.4 cm³/mol. The molecule has 15 heavy (non-hydrogen) atoms. The van der Waals surface area contributed by atoms with E-state index in [1.54, 1.807) is 19.1 Å². The molecule has 0 radical (unpaired) electrons. The average molecular weight is 221 g/mol. The van der Waals surface area contributed by atoms with Gasteiger partial charge in [0.05, 0.1) is 0 Å². The lowest BCUT2D eigenvalue weighted by Gasteiger charge is -2.01. The second kappa shape index (κ2) is 3.82. The lowest BCUT2D eigenvalue weighted by atomic mass is 10.2. The molecule has 2 N–H and O–H groups in total. The van der Waals surface area contributed by atoms with Crippen molar-refractivity contribution >= 4 is 17.3 Å². The molecule has 76 valence electrons. The third kappa shape index (κ3) is 2.22. The van der Waals surface area contributed by atoms with Gasteiger partial charge in [-0.2, -0.15) is 4.98 Å². The van der Waals surface area contributed by atoms with Gasteiger partial charge in [0.1, 0.15) is 5.82 Å². The molecule has 0 bridgehead atoms. The number of nitrogen functional groups attached to an aromatic ring is 1. The van der Waals surface area contributed by atoms with Gasteiger partial charge in [0.2, 0.25) is 5.28 Å². The Kier molecular flexibility index (Phi) is 2.51. The molecular weight excluding hydrogens is 212 g/mol. The zero-order valence-corrected chi connectivity index (χ0v) is 8.86. The molecule has 0 aliphatic rings. The molecule has 1 aromatic carbocycles. The second-order valence-electron chi connectivity index (χ2n) is 3.10. The Bertz CT molecular complexity index is 461. The normalized spacial score (nSPS) is 10.3. The number of rotatable bonds is 1. The van der Waals surface area contributed by atoms with Crippen molar-refractivity contribution in [2.75, 3.05) is 5.73 Å². The Balaban J connectivity index is 2.49. The molecule has 0 fully saturated rings. The fourth-order valence-electron chi connectivity index (χ4n) is 1.21. The van der Waals surface area contributed by atoms with E-state index >= 15 is 0 Å². The Labute approximate surface area is 92.2 Å². The maximum Gasteiger partial charge on any atom is 0.226 e. The van der Waals surface area contributed by atoms with Gasteiger partial charge in [0, 0.05) is 11.3 Å². The lowest BCUT2D eigenvalue weighted by Crippen LogP contribution is -1.96. The molecule has 0 aliphatic carbocycles. The fraction of sp³-hybridized carbons (Fsp3) is 0.100. The van der Waals surface area contributed by atoms with E-state index in [4.69, 9.17) is 17.3 Å². The summed E-state index contributed by atoms with van der Waals surface area (Å²) >= 11 is 5.74. The van der Waals surface area contributed by atoms with Crippen LogP contribution < -0.4 is 5.73 Å². The SMILES string of the molecule is Cc1nc(Cl)nc(-c2ccc(N)cc2)n1. The van der Waals surface area contributed by atoms with E-state index in [9.17, 15) is 0 Å². The summed E-state index contributed by atoms with van der Waals surface area (Å²) in [6.07, 6.45) is 0. The van der Waals surface area contributed by atoms with Crippen LogP contribution in [0.3, 0.4) is 0 Å². The molecule has 4 nitrogen and oxygen atoms in total. The maximum atomic E-state index is 5.74. The highest BCUT2D eigenvalue weighted by molar-refractivity contribution is 6.28. The van der Waals surface area contributed by atoms with Crippen LogP contribution in [0.4, 0.5) is 5.69 Å². The summed E-state index contributed by atoms with van der Waals surface area (Å²) in [7, 11) is 0. The highest BCUT2D eigenvalue weighted by Crippen LogP contribution is 2.17. The van der Waals surface area contributed by atoms with Crippen LogP contribution in [0, 0.1) is 6.92 Å². The van der Waals surface area contributed by atoms with E-state index in [0.717, 1.165) is 5.56 Å². The van der Waals surface area contributed by atoms with E-state index in [1.165, 1.54) is 0 Å². The van der Waals surface area contributed by atoms with Crippen molar-refractivity contribution in [3.63, 3.8) is 0 Å². The Hall–Kier alpha value is -1.68. The number of aryl methyl sites for hydroxylation is 1. The first-order valence-corrected chi connectivity index (χ1v) is 4.77. The summed E-state index contributed by atoms with van der Waals surface area (Å²) in [4.78, 5) is 12.1. The Morgan fingerprint density at radius 1 is 1.07 bits per heavy atom. The molecule has 1 heterocycles. The molecule has 5 heteroatoms. The van der Waals surface area contributed by atoms with Crippen molar-refractivity contribution in [1.82, 2.24) is 15.0 Å². The molecule has 0 spiro atoms. The van der Waals surface area contributed by atoms with Crippen LogP contribution in [-0.2, 0) is 0 Å². The standard InChI is InChI=1S/C10H9ClN4/c1-6-13-9(15-10(11)14-6)7-2-4-8(12)5-3-7/h2-5H,12H2,1H3. The van der Waals surface area contributed by atoms with Crippen molar-refractivity contribution in [3.05, 3.63) is 35.4 Å². The van der Waals surface area contributed by atoms with E-state index in [1.807, 2.05) is 12.1 Å². The first kappa shape index (κ1) is 9.86. The first-order chi connectivity index (χ1) is 7.15. The first-order valence-electron chi connectivity index (χ1n) is 4.39. The summed E-state index contributed by atoms with van der Waals surface area (Å²) < 4.78 is 0. The summed E-state index contributed by atoms with van der Waals surface area (Å²) in [6.45, 7) is 1.77. The molecular formula is C10H9ClN4. The van der Waals surface area contributed by atoms with Gasteiger partial charge in [-0.1, -0.05) is 0 Å². The number of aromatic nitrogens is 3. The van der Waals surface area contributed by atoms with Gasteiger partial charge in [-0.3, -0.25) is 0 Å². The van der Waals surface area contributed by atoms with Crippen molar-refractivity contribution in [1.29, 1.82) is 0 Å². The van der Waals surface area contributed by atoms with Crippen LogP contribution >= 0.6 is 11.6 Å². The van der Waals surface area contributed by atoms with Gasteiger partial charge in [0.25, 0.3) is 0 Å². The lowest BCUT2D eigenvalue weighted by molar-refractivity contribution is 0.984. The minimum absolute atomic E-state index is 0.203. The van der Waals surface area contributed by atoms with E-state index in [-0.39, 0.29) is 5.28 Å². The molecule has 0 unspecified atom stereocenters. The van der Waals surface area contributed by atoms with Crippen molar-refractivity contribution in [2.24, 2.45) is 0 Å². The Morgan fingerprint density at radius 3 is 2.33 bits per heavy atom. The zero-order chi connectivity index (χ0) is 10.8. The largest absolute Gasteiger partial charge is 0.399 e. The Morgan fingerprint density at radius 2 is 1.73 bits per heavy atom. The van der Waals surface area contributed by atoms with Crippen LogP contribution in [0.15, 0.2) is 24.3 Å². The quantitative estimate of drug-likeness (QED) is 0.748. The zero-order valence-electron chi connectivity index (χ0n) is 8.11. The number of nitrogens with two attached hydrogens (primary N) is 1. The van der Waals surface area contributed by atoms with Gasteiger partial charge in [-0.25, -0.2) is 9.97 Å². The molecule has 0 saturated carbocycles. The van der Waals surface area contributed by atoms with E-state index < -0.39 is 0 Å². The number of hydrogen-bond donors (Lipinski definition) is 1. The number of anilines is 1. The van der Waals surface area contributed by atoms with Crippen LogP contribution in [0.5, 0.6) is 0 Å². The van der Waals surface area contributed by atoms with E-state index in [0.29, 0.717) is 17.3 Å². The van der Waals surface area contributed by atoms with Gasteiger partial charge < -0.3 is 5.73 Å². The summed E-state index contributed by atoms with van der Waals surface area (Å²) in [5.74, 6) is 1.16. The summed E-state index contributed by atoms with van der Waals surface area (Å²) in [5.41, 5.74) is 7.16. The molecule has 2 aromatic rings. The van der Waals surface area contributed by atoms with E-state index in [2.05, 4.69) is 15.0 Å². The summed E-state index contributed by atoms with van der Waals surface area (Å²) in [6, 6.07) is 7.28. The predicted octanol–water partition coefficient (Wildman–Crippen LogP) is 2.08. The number of halogens is 1. The molecule has 0 saturated heterocycles. The van der Waals surface area contributed by atoms with Crippen molar-refractivity contribution < 1.29 is 0 Å². The number of hydrogen-bond acceptors (Lipinski definition) is 4. The fourth-order valence-corrected chi connectivity index (χ4v) is 1.41. The highest BCUT2D eigenvalue weighted by atomic mass is 35.5. The minimum atomic E-state index is 0.203. The summed E-state index contributed by atoms with van der Waals surface area (Å²) in [5, 5.41) is 0.203. The molecule has 0 atom stereocenters. The molecule has 0 aliphatic heterocycles. The molecule has 2 rings (SSSR count). The van der Waals surface area contributed by atoms with Crippen LogP contribution in [0.1, 0.15) is 5.82 Å². The van der Waals surface area contributed by atoms with Crippen LogP contribution in [-0.4, -0.2) is 15.0 Å². The van der Waals surface area contributed by atoms with Gasteiger partial charge in [0.15, 0.2) is 5.82 Å². The van der Waals surface area contributed by atoms with Gasteiger partial charge >= 0.3 is 0 Å². The highest BCUT2D eigenvalue weighted by Gasteiger charge is 2.04. The second-order valence-corrected chi connectivity index (χ2v) is 3.44. The third-order valence-corrected chi connectivity index (χ3v) is 2.06. The number of nitrogens with zero attached hydrogens (tertiary/aromatic N) is 3. The topological polar surface area (TPSA) is 64.7 Å². The molecule has 1 aromatic heterocycles. The number of benzene rings is 1. The van der Waals surface area contributed by atoms with Crippen molar-refractivity contribution in [2.45, 2.75) is 6.92 Å². The maximum absolute atomic E-state index is 5.74. The van der Waals surface area contributed by atoms with Crippen LogP contribution in [0.2, 0.25) is 5.28 Å². The van der Waals surface area contributed by atoms with Gasteiger partial charge in [-0.15, -0.1) is 0 Å². The smallest absolute Gasteiger partial charge is 0.226 e. The van der Waals surface area contributed by atoms with Crippen LogP contribution in [0.25, 0.3) is 11.4 Å². The third-order valence-electron chi connectivity index (χ3n) is 1.89.